The van der Waals surface area contributed by atoms with Crippen molar-refractivity contribution in [3.63, 3.8) is 0 Å². The topological polar surface area (TPSA) is 99.4 Å². The Kier molecular flexibility index (Phi) is 5.59. The quantitative estimate of drug-likeness (QED) is 0.520. The maximum absolute atomic E-state index is 12.4. The molecule has 0 saturated carbocycles. The number of nitrogens with one attached hydrogen (secondary N) is 1. The van der Waals surface area contributed by atoms with Gasteiger partial charge in [-0.05, 0) is 24.3 Å². The second kappa shape index (κ2) is 8.26. The van der Waals surface area contributed by atoms with Crippen LogP contribution in [-0.4, -0.2) is 33.5 Å². The first-order chi connectivity index (χ1) is 13.6. The lowest BCUT2D eigenvalue weighted by molar-refractivity contribution is 0.0954. The Morgan fingerprint density at radius 3 is 2.39 bits per heavy atom. The Labute approximate surface area is 160 Å². The van der Waals surface area contributed by atoms with Crippen molar-refractivity contribution in [1.82, 2.24) is 5.43 Å². The number of nitrogens with zero attached hydrogens (tertiary/aromatic N) is 1. The molecule has 3 aromatic rings. The van der Waals surface area contributed by atoms with Gasteiger partial charge in [-0.2, -0.15) is 5.10 Å². The molecule has 28 heavy (non-hydrogen) atoms. The van der Waals surface area contributed by atoms with Crippen molar-refractivity contribution in [3.05, 3.63) is 64.0 Å². The van der Waals surface area contributed by atoms with E-state index in [1.807, 2.05) is 0 Å². The summed E-state index contributed by atoms with van der Waals surface area (Å²) < 4.78 is 21.1. The predicted octanol–water partition coefficient (Wildman–Crippen LogP) is 2.58. The molecule has 0 bridgehead atoms. The maximum atomic E-state index is 12.4. The number of carbonyl (C=O) groups is 1. The van der Waals surface area contributed by atoms with Crippen molar-refractivity contribution in [1.29, 1.82) is 0 Å². The monoisotopic (exact) mass is 382 g/mol. The summed E-state index contributed by atoms with van der Waals surface area (Å²) >= 11 is 0. The fourth-order valence-electron chi connectivity index (χ4n) is 2.62. The minimum Gasteiger partial charge on any atom is -0.493 e. The zero-order chi connectivity index (χ0) is 20.1. The Morgan fingerprint density at radius 1 is 1.07 bits per heavy atom. The molecule has 8 nitrogen and oxygen atoms in total. The van der Waals surface area contributed by atoms with E-state index in [0.717, 1.165) is 0 Å². The van der Waals surface area contributed by atoms with Gasteiger partial charge in [0, 0.05) is 5.56 Å². The first-order valence-corrected chi connectivity index (χ1v) is 8.23. The average molecular weight is 382 g/mol. The third-order valence-electron chi connectivity index (χ3n) is 4.00. The summed E-state index contributed by atoms with van der Waals surface area (Å²) in [6, 6.07) is 9.87. The van der Waals surface area contributed by atoms with E-state index < -0.39 is 5.91 Å². The van der Waals surface area contributed by atoms with Crippen LogP contribution in [-0.2, 0) is 0 Å². The summed E-state index contributed by atoms with van der Waals surface area (Å²) in [5.74, 6) is 0.539. The number of rotatable bonds is 6. The van der Waals surface area contributed by atoms with E-state index in [1.54, 1.807) is 24.3 Å². The third kappa shape index (κ3) is 3.66. The van der Waals surface area contributed by atoms with E-state index in [-0.39, 0.29) is 16.6 Å². The molecule has 0 fully saturated rings. The second-order valence-corrected chi connectivity index (χ2v) is 5.63. The number of benzene rings is 2. The predicted molar refractivity (Wildman–Crippen MR) is 104 cm³/mol. The number of hydrogen-bond acceptors (Lipinski definition) is 7. The summed E-state index contributed by atoms with van der Waals surface area (Å²) in [6.45, 7) is 0. The van der Waals surface area contributed by atoms with Crippen molar-refractivity contribution < 1.29 is 23.4 Å². The first kappa shape index (κ1) is 19.0. The highest BCUT2D eigenvalue weighted by Crippen LogP contribution is 2.38. The van der Waals surface area contributed by atoms with E-state index in [9.17, 15) is 9.59 Å². The number of amides is 1. The minimum atomic E-state index is -0.513. The fraction of sp³-hybridized carbons (Fsp3) is 0.150. The smallest absolute Gasteiger partial charge is 0.271 e. The molecule has 1 amide bonds. The van der Waals surface area contributed by atoms with Gasteiger partial charge in [0.15, 0.2) is 11.5 Å². The van der Waals surface area contributed by atoms with Crippen LogP contribution in [0.1, 0.15) is 15.9 Å². The molecule has 1 heterocycles. The molecule has 3 rings (SSSR count). The van der Waals surface area contributed by atoms with Crippen LogP contribution in [0.4, 0.5) is 0 Å². The van der Waals surface area contributed by atoms with Gasteiger partial charge in [-0.1, -0.05) is 12.1 Å². The summed E-state index contributed by atoms with van der Waals surface area (Å²) in [6.07, 6.45) is 2.52. The molecule has 0 spiro atoms. The molecule has 1 N–H and O–H groups in total. The number of para-hydroxylation sites is 1. The van der Waals surface area contributed by atoms with Gasteiger partial charge in [0.2, 0.25) is 11.2 Å². The molecule has 8 heteroatoms. The number of methoxy groups -OCH3 is 3. The highest BCUT2D eigenvalue weighted by atomic mass is 16.5. The Hall–Kier alpha value is -3.81. The largest absolute Gasteiger partial charge is 0.493 e. The zero-order valence-electron chi connectivity index (χ0n) is 15.5. The Balaban J connectivity index is 1.82. The van der Waals surface area contributed by atoms with Crippen LogP contribution >= 0.6 is 0 Å². The van der Waals surface area contributed by atoms with Gasteiger partial charge in [-0.15, -0.1) is 0 Å². The molecular weight excluding hydrogens is 364 g/mol. The number of hydrazone groups is 1. The van der Waals surface area contributed by atoms with Crippen molar-refractivity contribution in [2.24, 2.45) is 5.10 Å². The van der Waals surface area contributed by atoms with Crippen molar-refractivity contribution in [2.75, 3.05) is 21.3 Å². The Morgan fingerprint density at radius 2 is 1.75 bits per heavy atom. The van der Waals surface area contributed by atoms with Gasteiger partial charge in [-0.3, -0.25) is 9.59 Å². The molecule has 144 valence electrons. The summed E-state index contributed by atoms with van der Waals surface area (Å²) in [5.41, 5.74) is 3.06. The van der Waals surface area contributed by atoms with Crippen LogP contribution in [0.3, 0.4) is 0 Å². The highest BCUT2D eigenvalue weighted by Gasteiger charge is 2.16. The van der Waals surface area contributed by atoms with Gasteiger partial charge in [-0.25, -0.2) is 5.43 Å². The van der Waals surface area contributed by atoms with Gasteiger partial charge in [0.25, 0.3) is 5.91 Å². The van der Waals surface area contributed by atoms with Crippen molar-refractivity contribution in [2.45, 2.75) is 0 Å². The second-order valence-electron chi connectivity index (χ2n) is 5.63. The van der Waals surface area contributed by atoms with Gasteiger partial charge < -0.3 is 18.6 Å². The van der Waals surface area contributed by atoms with E-state index in [4.69, 9.17) is 18.6 Å². The summed E-state index contributed by atoms with van der Waals surface area (Å²) in [7, 11) is 4.38. The van der Waals surface area contributed by atoms with Crippen LogP contribution in [0.15, 0.2) is 57.0 Å². The number of fused-ring (bicyclic) bond motifs is 1. The van der Waals surface area contributed by atoms with E-state index >= 15 is 0 Å². The number of ether oxygens (including phenoxy) is 3. The molecule has 0 aliphatic heterocycles. The lowest BCUT2D eigenvalue weighted by Gasteiger charge is -2.13. The van der Waals surface area contributed by atoms with Crippen LogP contribution in [0.25, 0.3) is 11.0 Å². The van der Waals surface area contributed by atoms with Crippen LogP contribution in [0.2, 0.25) is 0 Å². The zero-order valence-corrected chi connectivity index (χ0v) is 15.5. The summed E-state index contributed by atoms with van der Waals surface area (Å²) in [4.78, 5) is 24.8. The highest BCUT2D eigenvalue weighted by molar-refractivity contribution is 5.96. The standard InChI is InChI=1S/C20H18N2O6/c1-25-16-8-12(9-17(26-2)19(16)27-3)20(24)22-21-10-13-11-28-15-7-5-4-6-14(15)18(13)23/h4-11H,1-3H3,(H,22,24). The third-order valence-corrected chi connectivity index (χ3v) is 4.00. The molecule has 0 atom stereocenters. The lowest BCUT2D eigenvalue weighted by atomic mass is 10.1. The normalized spacial score (nSPS) is 10.8. The first-order valence-electron chi connectivity index (χ1n) is 8.23. The molecule has 0 aliphatic rings. The lowest BCUT2D eigenvalue weighted by Crippen LogP contribution is -2.19. The molecule has 0 saturated heterocycles. The molecule has 1 aromatic heterocycles. The molecular formula is C20H18N2O6. The van der Waals surface area contributed by atoms with Crippen LogP contribution in [0.5, 0.6) is 17.2 Å². The Bertz CT molecular complexity index is 1080. The van der Waals surface area contributed by atoms with Gasteiger partial charge >= 0.3 is 0 Å². The van der Waals surface area contributed by atoms with Gasteiger partial charge in [0.1, 0.15) is 11.8 Å². The van der Waals surface area contributed by atoms with Crippen LogP contribution < -0.4 is 25.1 Å². The van der Waals surface area contributed by atoms with E-state index in [1.165, 1.54) is 45.9 Å². The van der Waals surface area contributed by atoms with Crippen molar-refractivity contribution >= 4 is 23.1 Å². The number of carbonyl (C=O) groups excluding carboxylic acids is 1. The maximum Gasteiger partial charge on any atom is 0.271 e. The molecule has 2 aromatic carbocycles. The van der Waals surface area contributed by atoms with Gasteiger partial charge in [0.05, 0.1) is 38.5 Å². The number of hydrogen-bond donors (Lipinski definition) is 1. The van der Waals surface area contributed by atoms with Crippen LogP contribution in [0, 0.1) is 0 Å². The molecule has 0 radical (unpaired) electrons. The summed E-state index contributed by atoms with van der Waals surface area (Å²) in [5, 5.41) is 4.27. The minimum absolute atomic E-state index is 0.212. The average Bonchev–Trinajstić information content (AvgIpc) is 2.74. The van der Waals surface area contributed by atoms with E-state index in [2.05, 4.69) is 10.5 Å². The fourth-order valence-corrected chi connectivity index (χ4v) is 2.62. The molecule has 0 unspecified atom stereocenters. The SMILES string of the molecule is COc1cc(C(=O)NN=Cc2coc3ccccc3c2=O)cc(OC)c1OC. The van der Waals surface area contributed by atoms with Crippen molar-refractivity contribution in [3.8, 4) is 17.2 Å². The molecule has 0 aliphatic carbocycles. The van der Waals surface area contributed by atoms with E-state index in [0.29, 0.717) is 28.2 Å².